The van der Waals surface area contributed by atoms with Crippen LogP contribution in [-0.2, 0) is 27.8 Å². The molecule has 0 atom stereocenters. The number of aromatic nitrogens is 2. The molecule has 0 bridgehead atoms. The molecule has 0 saturated heterocycles. The van der Waals surface area contributed by atoms with E-state index >= 15 is 0 Å². The van der Waals surface area contributed by atoms with Crippen molar-refractivity contribution in [1.82, 2.24) is 9.78 Å². The van der Waals surface area contributed by atoms with Crippen LogP contribution in [0.4, 0.5) is 11.4 Å². The highest BCUT2D eigenvalue weighted by Gasteiger charge is 2.25. The summed E-state index contributed by atoms with van der Waals surface area (Å²) in [5, 5.41) is 6.68. The maximum Gasteiger partial charge on any atom is 0.263 e. The van der Waals surface area contributed by atoms with Gasteiger partial charge in [-0.05, 0) is 24.6 Å². The quantitative estimate of drug-likeness (QED) is 0.888. The fraction of sp³-hybridized carbons (Fsp3) is 0.231. The number of rotatable bonds is 4. The Hall–Kier alpha value is -2.06. The molecule has 7 nitrogen and oxygen atoms in total. The zero-order valence-corrected chi connectivity index (χ0v) is 13.2. The Kier molecular flexibility index (Phi) is 3.57. The minimum atomic E-state index is -3.85. The Balaban J connectivity index is 1.95. The van der Waals surface area contributed by atoms with Gasteiger partial charge >= 0.3 is 0 Å². The molecule has 1 aliphatic heterocycles. The molecule has 0 unspecified atom stereocenters. The average Bonchev–Trinajstić information content (AvgIpc) is 3.02. The largest absolute Gasteiger partial charge is 0.325 e. The molecule has 0 saturated carbocycles. The summed E-state index contributed by atoms with van der Waals surface area (Å²) in [6, 6.07) is 2.87. The normalized spacial score (nSPS) is 13.8. The van der Waals surface area contributed by atoms with Crippen LogP contribution in [0.3, 0.4) is 0 Å². The van der Waals surface area contributed by atoms with Gasteiger partial charge in [0.1, 0.15) is 4.90 Å². The summed E-state index contributed by atoms with van der Waals surface area (Å²) in [7, 11) is -3.85. The molecular weight excluding hydrogens is 328 g/mol. The highest BCUT2D eigenvalue weighted by Crippen LogP contribution is 2.33. The molecule has 0 fully saturated rings. The fourth-order valence-corrected chi connectivity index (χ4v) is 3.84. The van der Waals surface area contributed by atoms with Crippen LogP contribution in [-0.4, -0.2) is 24.1 Å². The van der Waals surface area contributed by atoms with Crippen LogP contribution in [0.25, 0.3) is 0 Å². The summed E-state index contributed by atoms with van der Waals surface area (Å²) in [6.07, 6.45) is 3.15. The molecule has 3 rings (SSSR count). The van der Waals surface area contributed by atoms with E-state index in [-0.39, 0.29) is 22.2 Å². The predicted octanol–water partition coefficient (Wildman–Crippen LogP) is 1.85. The standard InChI is InChI=1S/C13H13ClN4O3S/c1-2-18-7-9(6-15-18)17-22(20,21)12-3-8-4-13(19)16-11(8)5-10(12)14/h3,5-7,17H,2,4H2,1H3,(H,16,19). The molecule has 2 N–H and O–H groups in total. The van der Waals surface area contributed by atoms with E-state index in [1.54, 1.807) is 10.9 Å². The van der Waals surface area contributed by atoms with Crippen molar-refractivity contribution < 1.29 is 13.2 Å². The molecule has 2 heterocycles. The highest BCUT2D eigenvalue weighted by molar-refractivity contribution is 7.92. The lowest BCUT2D eigenvalue weighted by atomic mass is 10.2. The van der Waals surface area contributed by atoms with Gasteiger partial charge < -0.3 is 5.32 Å². The first-order chi connectivity index (χ1) is 10.4. The molecule has 1 aromatic heterocycles. The van der Waals surface area contributed by atoms with Crippen LogP contribution in [0, 0.1) is 0 Å². The lowest BCUT2D eigenvalue weighted by Gasteiger charge is -2.09. The monoisotopic (exact) mass is 340 g/mol. The number of benzene rings is 1. The SMILES string of the molecule is CCn1cc(NS(=O)(=O)c2cc3c(cc2Cl)NC(=O)C3)cn1. The number of halogens is 1. The summed E-state index contributed by atoms with van der Waals surface area (Å²) in [4.78, 5) is 11.3. The Morgan fingerprint density at radius 3 is 2.91 bits per heavy atom. The molecule has 1 amide bonds. The third-order valence-electron chi connectivity index (χ3n) is 3.28. The van der Waals surface area contributed by atoms with E-state index in [0.29, 0.717) is 23.5 Å². The molecule has 0 aliphatic carbocycles. The zero-order chi connectivity index (χ0) is 15.9. The topological polar surface area (TPSA) is 93.1 Å². The van der Waals surface area contributed by atoms with Crippen molar-refractivity contribution in [1.29, 1.82) is 0 Å². The van der Waals surface area contributed by atoms with Crippen LogP contribution in [0.1, 0.15) is 12.5 Å². The Morgan fingerprint density at radius 2 is 2.23 bits per heavy atom. The van der Waals surface area contributed by atoms with Gasteiger partial charge in [-0.3, -0.25) is 14.2 Å². The van der Waals surface area contributed by atoms with Gasteiger partial charge in [-0.25, -0.2) is 8.42 Å². The molecule has 1 aliphatic rings. The second-order valence-electron chi connectivity index (χ2n) is 4.85. The minimum Gasteiger partial charge on any atom is -0.325 e. The van der Waals surface area contributed by atoms with Gasteiger partial charge in [0, 0.05) is 18.4 Å². The van der Waals surface area contributed by atoms with Gasteiger partial charge in [0.05, 0.1) is 23.3 Å². The van der Waals surface area contributed by atoms with E-state index in [4.69, 9.17) is 11.6 Å². The van der Waals surface area contributed by atoms with Gasteiger partial charge in [-0.2, -0.15) is 5.10 Å². The smallest absolute Gasteiger partial charge is 0.263 e. The van der Waals surface area contributed by atoms with Gasteiger partial charge in [-0.15, -0.1) is 0 Å². The molecule has 2 aromatic rings. The van der Waals surface area contributed by atoms with Crippen LogP contribution in [0.15, 0.2) is 29.4 Å². The van der Waals surface area contributed by atoms with Gasteiger partial charge in [0.25, 0.3) is 10.0 Å². The number of nitrogens with one attached hydrogen (secondary N) is 2. The van der Waals surface area contributed by atoms with E-state index < -0.39 is 10.0 Å². The van der Waals surface area contributed by atoms with Crippen LogP contribution < -0.4 is 10.0 Å². The van der Waals surface area contributed by atoms with Gasteiger partial charge in [0.2, 0.25) is 5.91 Å². The van der Waals surface area contributed by atoms with E-state index in [2.05, 4.69) is 15.1 Å². The van der Waals surface area contributed by atoms with Crippen molar-refractivity contribution in [3.05, 3.63) is 35.1 Å². The third kappa shape index (κ3) is 2.67. The number of carbonyl (C=O) groups excluding carboxylic acids is 1. The second kappa shape index (κ2) is 5.29. The number of fused-ring (bicyclic) bond motifs is 1. The number of carbonyl (C=O) groups is 1. The summed E-state index contributed by atoms with van der Waals surface area (Å²) >= 11 is 6.05. The zero-order valence-electron chi connectivity index (χ0n) is 11.6. The van der Waals surface area contributed by atoms with Crippen molar-refractivity contribution in [3.63, 3.8) is 0 Å². The molecule has 22 heavy (non-hydrogen) atoms. The maximum absolute atomic E-state index is 12.5. The number of anilines is 2. The van der Waals surface area contributed by atoms with E-state index in [1.807, 2.05) is 6.92 Å². The first kappa shape index (κ1) is 14.9. The van der Waals surface area contributed by atoms with Crippen LogP contribution in [0.5, 0.6) is 0 Å². The summed E-state index contributed by atoms with van der Waals surface area (Å²) < 4.78 is 29.0. The van der Waals surface area contributed by atoms with Gasteiger partial charge in [0.15, 0.2) is 0 Å². The Bertz CT molecular complexity index is 860. The molecule has 9 heteroatoms. The summed E-state index contributed by atoms with van der Waals surface area (Å²) in [6.45, 7) is 2.53. The minimum absolute atomic E-state index is 0.0522. The molecule has 0 spiro atoms. The number of nitrogens with zero attached hydrogens (tertiary/aromatic N) is 2. The lowest BCUT2D eigenvalue weighted by molar-refractivity contribution is -0.115. The Morgan fingerprint density at radius 1 is 1.45 bits per heavy atom. The maximum atomic E-state index is 12.5. The number of amides is 1. The van der Waals surface area contributed by atoms with Crippen molar-refractivity contribution in [2.45, 2.75) is 24.8 Å². The lowest BCUT2D eigenvalue weighted by Crippen LogP contribution is -2.13. The highest BCUT2D eigenvalue weighted by atomic mass is 35.5. The van der Waals surface area contributed by atoms with Gasteiger partial charge in [-0.1, -0.05) is 11.6 Å². The molecule has 116 valence electrons. The predicted molar refractivity (Wildman–Crippen MR) is 82.5 cm³/mol. The van der Waals surface area contributed by atoms with Crippen molar-refractivity contribution in [2.75, 3.05) is 10.0 Å². The van der Waals surface area contributed by atoms with Crippen molar-refractivity contribution in [3.8, 4) is 0 Å². The fourth-order valence-electron chi connectivity index (χ4n) is 2.23. The third-order valence-corrected chi connectivity index (χ3v) is 5.13. The van der Waals surface area contributed by atoms with Crippen LogP contribution in [0.2, 0.25) is 5.02 Å². The van der Waals surface area contributed by atoms with Crippen molar-refractivity contribution >= 4 is 38.9 Å². The number of aryl methyl sites for hydroxylation is 1. The first-order valence-electron chi connectivity index (χ1n) is 6.56. The van der Waals surface area contributed by atoms with E-state index in [9.17, 15) is 13.2 Å². The van der Waals surface area contributed by atoms with Crippen LogP contribution >= 0.6 is 11.6 Å². The Labute approximate surface area is 132 Å². The molecule has 1 aromatic carbocycles. The van der Waals surface area contributed by atoms with E-state index in [0.717, 1.165) is 0 Å². The average molecular weight is 341 g/mol. The molecule has 0 radical (unpaired) electrons. The van der Waals surface area contributed by atoms with Crippen molar-refractivity contribution in [2.24, 2.45) is 0 Å². The summed E-state index contributed by atoms with van der Waals surface area (Å²) in [5.41, 5.74) is 1.51. The number of sulfonamides is 1. The second-order valence-corrected chi connectivity index (χ2v) is 6.91. The number of hydrogen-bond acceptors (Lipinski definition) is 4. The molecular formula is C13H13ClN4O3S. The first-order valence-corrected chi connectivity index (χ1v) is 8.42. The summed E-state index contributed by atoms with van der Waals surface area (Å²) in [5.74, 6) is -0.183. The van der Waals surface area contributed by atoms with E-state index in [1.165, 1.54) is 18.3 Å². The number of hydrogen-bond donors (Lipinski definition) is 2.